The van der Waals surface area contributed by atoms with Crippen molar-refractivity contribution in [3.05, 3.63) is 42.2 Å². The molecule has 1 amide bonds. The molecule has 6 heteroatoms. The average Bonchev–Trinajstić information content (AvgIpc) is 2.53. The summed E-state index contributed by atoms with van der Waals surface area (Å²) >= 11 is 0. The molecule has 0 bridgehead atoms. The molecular weight excluding hydrogens is 268 g/mol. The molecule has 0 saturated heterocycles. The largest absolute Gasteiger partial charge is 0.497 e. The topological polar surface area (TPSA) is 76.1 Å². The van der Waals surface area contributed by atoms with Crippen molar-refractivity contribution in [1.29, 1.82) is 0 Å². The Hall–Kier alpha value is -2.63. The Labute approximate surface area is 123 Å². The lowest BCUT2D eigenvalue weighted by Gasteiger charge is -2.07. The van der Waals surface area contributed by atoms with Crippen LogP contribution in [0.1, 0.15) is 23.7 Å². The molecule has 0 aliphatic heterocycles. The number of benzene rings is 1. The lowest BCUT2D eigenvalue weighted by Crippen LogP contribution is -2.24. The van der Waals surface area contributed by atoms with Gasteiger partial charge in [-0.2, -0.15) is 0 Å². The molecule has 0 radical (unpaired) electrons. The van der Waals surface area contributed by atoms with Crippen LogP contribution >= 0.6 is 0 Å². The zero-order valence-corrected chi connectivity index (χ0v) is 12.1. The van der Waals surface area contributed by atoms with Gasteiger partial charge < -0.3 is 15.4 Å². The number of nitrogens with zero attached hydrogens (tertiary/aromatic N) is 2. The number of anilines is 2. The number of amides is 1. The van der Waals surface area contributed by atoms with Gasteiger partial charge in [-0.1, -0.05) is 13.0 Å². The normalized spacial score (nSPS) is 10.0. The van der Waals surface area contributed by atoms with Gasteiger partial charge in [-0.05, 0) is 18.6 Å². The van der Waals surface area contributed by atoms with Gasteiger partial charge in [0.25, 0.3) is 5.91 Å². The summed E-state index contributed by atoms with van der Waals surface area (Å²) in [6.07, 6.45) is 3.89. The lowest BCUT2D eigenvalue weighted by molar-refractivity contribution is 0.0953. The smallest absolute Gasteiger partial charge is 0.254 e. The minimum Gasteiger partial charge on any atom is -0.497 e. The zero-order valence-electron chi connectivity index (χ0n) is 12.1. The van der Waals surface area contributed by atoms with E-state index in [0.717, 1.165) is 17.9 Å². The quantitative estimate of drug-likeness (QED) is 0.852. The van der Waals surface area contributed by atoms with Crippen molar-refractivity contribution in [2.75, 3.05) is 19.0 Å². The van der Waals surface area contributed by atoms with Crippen LogP contribution in [-0.2, 0) is 0 Å². The maximum atomic E-state index is 11.7. The van der Waals surface area contributed by atoms with Crippen molar-refractivity contribution in [2.24, 2.45) is 0 Å². The standard InChI is InChI=1S/C15H18N4O2/c1-3-7-16-14(20)11-9-17-15(18-10-11)19-12-5-4-6-13(8-12)21-2/h4-6,8-10H,3,7H2,1-2H3,(H,16,20)(H,17,18,19). The van der Waals surface area contributed by atoms with Gasteiger partial charge in [-0.3, -0.25) is 4.79 Å². The van der Waals surface area contributed by atoms with Gasteiger partial charge in [0.15, 0.2) is 0 Å². The van der Waals surface area contributed by atoms with Crippen molar-refractivity contribution in [3.8, 4) is 5.75 Å². The summed E-state index contributed by atoms with van der Waals surface area (Å²) in [5.41, 5.74) is 1.26. The Kier molecular flexibility index (Phi) is 5.09. The van der Waals surface area contributed by atoms with Crippen LogP contribution in [0.15, 0.2) is 36.7 Å². The highest BCUT2D eigenvalue weighted by Gasteiger charge is 2.06. The van der Waals surface area contributed by atoms with Gasteiger partial charge in [-0.25, -0.2) is 9.97 Å². The van der Waals surface area contributed by atoms with Crippen LogP contribution in [0.4, 0.5) is 11.6 Å². The van der Waals surface area contributed by atoms with E-state index in [-0.39, 0.29) is 5.91 Å². The molecule has 0 aliphatic carbocycles. The summed E-state index contributed by atoms with van der Waals surface area (Å²) in [5, 5.41) is 5.83. The van der Waals surface area contributed by atoms with Gasteiger partial charge in [0.05, 0.1) is 12.7 Å². The first-order chi connectivity index (χ1) is 10.2. The van der Waals surface area contributed by atoms with E-state index in [2.05, 4.69) is 20.6 Å². The molecule has 1 aromatic heterocycles. The fourth-order valence-electron chi connectivity index (χ4n) is 1.68. The highest BCUT2D eigenvalue weighted by atomic mass is 16.5. The highest BCUT2D eigenvalue weighted by molar-refractivity contribution is 5.93. The number of methoxy groups -OCH3 is 1. The summed E-state index contributed by atoms with van der Waals surface area (Å²) in [7, 11) is 1.61. The number of carbonyl (C=O) groups excluding carboxylic acids is 1. The predicted molar refractivity (Wildman–Crippen MR) is 80.9 cm³/mol. The van der Waals surface area contributed by atoms with Gasteiger partial charge >= 0.3 is 0 Å². The van der Waals surface area contributed by atoms with E-state index in [1.165, 1.54) is 12.4 Å². The number of ether oxygens (including phenoxy) is 1. The van der Waals surface area contributed by atoms with Crippen LogP contribution in [0.25, 0.3) is 0 Å². The van der Waals surface area contributed by atoms with Crippen LogP contribution < -0.4 is 15.4 Å². The molecular formula is C15H18N4O2. The summed E-state index contributed by atoms with van der Waals surface area (Å²) in [6, 6.07) is 7.44. The molecule has 0 aliphatic rings. The van der Waals surface area contributed by atoms with Gasteiger partial charge in [-0.15, -0.1) is 0 Å². The van der Waals surface area contributed by atoms with E-state index < -0.39 is 0 Å². The number of hydrogen-bond donors (Lipinski definition) is 2. The molecule has 2 rings (SSSR count). The molecule has 0 unspecified atom stereocenters. The molecule has 0 spiro atoms. The highest BCUT2D eigenvalue weighted by Crippen LogP contribution is 2.19. The second-order valence-corrected chi connectivity index (χ2v) is 4.41. The number of rotatable bonds is 6. The Bertz CT molecular complexity index is 599. The van der Waals surface area contributed by atoms with Gasteiger partial charge in [0.1, 0.15) is 5.75 Å². The van der Waals surface area contributed by atoms with Crippen LogP contribution in [0.5, 0.6) is 5.75 Å². The summed E-state index contributed by atoms with van der Waals surface area (Å²) in [6.45, 7) is 2.64. The Morgan fingerprint density at radius 3 is 2.71 bits per heavy atom. The first-order valence-electron chi connectivity index (χ1n) is 6.74. The third-order valence-corrected chi connectivity index (χ3v) is 2.78. The van der Waals surface area contributed by atoms with Crippen molar-refractivity contribution >= 4 is 17.5 Å². The van der Waals surface area contributed by atoms with Crippen LogP contribution in [0.3, 0.4) is 0 Å². The summed E-state index contributed by atoms with van der Waals surface area (Å²) in [5.74, 6) is 1.01. The molecule has 0 atom stereocenters. The molecule has 1 heterocycles. The van der Waals surface area contributed by atoms with Crippen molar-refractivity contribution < 1.29 is 9.53 Å². The molecule has 1 aromatic carbocycles. The fourth-order valence-corrected chi connectivity index (χ4v) is 1.68. The molecule has 0 fully saturated rings. The summed E-state index contributed by atoms with van der Waals surface area (Å²) < 4.78 is 5.15. The summed E-state index contributed by atoms with van der Waals surface area (Å²) in [4.78, 5) is 20.0. The molecule has 6 nitrogen and oxygen atoms in total. The zero-order chi connectivity index (χ0) is 15.1. The Morgan fingerprint density at radius 1 is 1.29 bits per heavy atom. The Morgan fingerprint density at radius 2 is 2.05 bits per heavy atom. The van der Waals surface area contributed by atoms with Gasteiger partial charge in [0.2, 0.25) is 5.95 Å². The monoisotopic (exact) mass is 286 g/mol. The van der Waals surface area contributed by atoms with Crippen LogP contribution in [0.2, 0.25) is 0 Å². The van der Waals surface area contributed by atoms with E-state index in [9.17, 15) is 4.79 Å². The fraction of sp³-hybridized carbons (Fsp3) is 0.267. The maximum absolute atomic E-state index is 11.7. The molecule has 2 aromatic rings. The van der Waals surface area contributed by atoms with E-state index in [1.807, 2.05) is 31.2 Å². The number of nitrogens with one attached hydrogen (secondary N) is 2. The minimum absolute atomic E-state index is 0.162. The van der Waals surface area contributed by atoms with E-state index in [0.29, 0.717) is 18.1 Å². The Balaban J connectivity index is 2.03. The molecule has 21 heavy (non-hydrogen) atoms. The number of carbonyl (C=O) groups is 1. The minimum atomic E-state index is -0.162. The third kappa shape index (κ3) is 4.17. The van der Waals surface area contributed by atoms with E-state index in [1.54, 1.807) is 7.11 Å². The first-order valence-corrected chi connectivity index (χ1v) is 6.74. The van der Waals surface area contributed by atoms with Crippen molar-refractivity contribution in [2.45, 2.75) is 13.3 Å². The molecule has 2 N–H and O–H groups in total. The number of hydrogen-bond acceptors (Lipinski definition) is 5. The second kappa shape index (κ2) is 7.23. The van der Waals surface area contributed by atoms with E-state index >= 15 is 0 Å². The average molecular weight is 286 g/mol. The van der Waals surface area contributed by atoms with E-state index in [4.69, 9.17) is 4.74 Å². The van der Waals surface area contributed by atoms with Gasteiger partial charge in [0, 0.05) is 30.7 Å². The predicted octanol–water partition coefficient (Wildman–Crippen LogP) is 2.37. The first kappa shape index (κ1) is 14.8. The number of aromatic nitrogens is 2. The van der Waals surface area contributed by atoms with Crippen LogP contribution in [0, 0.1) is 0 Å². The maximum Gasteiger partial charge on any atom is 0.254 e. The molecule has 0 saturated carbocycles. The molecule has 110 valence electrons. The SMILES string of the molecule is CCCNC(=O)c1cnc(Nc2cccc(OC)c2)nc1. The lowest BCUT2D eigenvalue weighted by atomic mass is 10.3. The second-order valence-electron chi connectivity index (χ2n) is 4.41. The van der Waals surface area contributed by atoms with Crippen LogP contribution in [-0.4, -0.2) is 29.5 Å². The van der Waals surface area contributed by atoms with Crippen molar-refractivity contribution in [1.82, 2.24) is 15.3 Å². The van der Waals surface area contributed by atoms with Crippen molar-refractivity contribution in [3.63, 3.8) is 0 Å². The third-order valence-electron chi connectivity index (χ3n) is 2.78.